The highest BCUT2D eigenvalue weighted by molar-refractivity contribution is 5.53. The maximum absolute atomic E-state index is 4.20. The van der Waals surface area contributed by atoms with Crippen LogP contribution in [0, 0.1) is 0 Å². The Hall–Kier alpha value is -2.10. The van der Waals surface area contributed by atoms with E-state index >= 15 is 0 Å². The predicted molar refractivity (Wildman–Crippen MR) is 70.1 cm³/mol. The molecule has 88 valence electrons. The lowest BCUT2D eigenvalue weighted by Crippen LogP contribution is -2.16. The molecule has 2 aromatic rings. The molecule has 0 aliphatic heterocycles. The molecule has 0 radical (unpaired) electrons. The molecule has 2 aromatic heterocycles. The van der Waals surface area contributed by atoms with E-state index in [9.17, 15) is 0 Å². The molecule has 1 N–H and O–H groups in total. The third kappa shape index (κ3) is 2.93. The monoisotopic (exact) mass is 228 g/mol. The quantitative estimate of drug-likeness (QED) is 0.870. The van der Waals surface area contributed by atoms with E-state index in [0.29, 0.717) is 0 Å². The highest BCUT2D eigenvalue weighted by Crippen LogP contribution is 2.17. The normalized spacial score (nSPS) is 10.0. The first kappa shape index (κ1) is 11.4. The predicted octanol–water partition coefficient (Wildman–Crippen LogP) is 2.15. The van der Waals surface area contributed by atoms with Crippen molar-refractivity contribution in [3.63, 3.8) is 0 Å². The number of hydrogen-bond acceptors (Lipinski definition) is 4. The summed E-state index contributed by atoms with van der Waals surface area (Å²) in [6.07, 6.45) is 5.48. The van der Waals surface area contributed by atoms with Crippen LogP contribution in [-0.4, -0.2) is 24.1 Å². The summed E-state index contributed by atoms with van der Waals surface area (Å²) in [5.41, 5.74) is 2.33. The van der Waals surface area contributed by atoms with Crippen molar-refractivity contribution in [1.82, 2.24) is 9.97 Å². The van der Waals surface area contributed by atoms with Crippen LogP contribution < -0.4 is 10.2 Å². The summed E-state index contributed by atoms with van der Waals surface area (Å²) >= 11 is 0. The summed E-state index contributed by atoms with van der Waals surface area (Å²) in [5.74, 6) is 0.875. The van der Waals surface area contributed by atoms with E-state index in [0.717, 1.165) is 18.1 Å². The molecule has 0 aliphatic rings. The molecule has 2 rings (SSSR count). The van der Waals surface area contributed by atoms with Crippen LogP contribution in [0.2, 0.25) is 0 Å². The number of hydrogen-bond donors (Lipinski definition) is 1. The zero-order valence-corrected chi connectivity index (χ0v) is 10.1. The van der Waals surface area contributed by atoms with Gasteiger partial charge in [0.1, 0.15) is 5.82 Å². The Morgan fingerprint density at radius 2 is 2.18 bits per heavy atom. The van der Waals surface area contributed by atoms with Crippen molar-refractivity contribution in [1.29, 1.82) is 0 Å². The molecule has 0 aliphatic carbocycles. The zero-order valence-electron chi connectivity index (χ0n) is 10.1. The summed E-state index contributed by atoms with van der Waals surface area (Å²) in [4.78, 5) is 10.5. The van der Waals surface area contributed by atoms with Crippen molar-refractivity contribution in [2.24, 2.45) is 0 Å². The molecular weight excluding hydrogens is 212 g/mol. The highest BCUT2D eigenvalue weighted by Gasteiger charge is 2.03. The van der Waals surface area contributed by atoms with Crippen LogP contribution in [0.4, 0.5) is 11.5 Å². The van der Waals surface area contributed by atoms with Gasteiger partial charge in [-0.1, -0.05) is 6.07 Å². The molecule has 17 heavy (non-hydrogen) atoms. The number of aromatic nitrogens is 2. The minimum atomic E-state index is 0.834. The van der Waals surface area contributed by atoms with Gasteiger partial charge in [-0.25, -0.2) is 4.98 Å². The van der Waals surface area contributed by atoms with Gasteiger partial charge in [-0.05, 0) is 17.7 Å². The molecule has 0 bridgehead atoms. The second kappa shape index (κ2) is 5.30. The average molecular weight is 228 g/mol. The van der Waals surface area contributed by atoms with Crippen LogP contribution in [0.15, 0.2) is 42.9 Å². The molecule has 0 amide bonds. The van der Waals surface area contributed by atoms with Gasteiger partial charge in [0.05, 0.1) is 0 Å². The second-order valence-corrected chi connectivity index (χ2v) is 3.87. The Morgan fingerprint density at radius 1 is 1.29 bits per heavy atom. The lowest BCUT2D eigenvalue weighted by Gasteiger charge is -2.19. The van der Waals surface area contributed by atoms with Gasteiger partial charge in [-0.2, -0.15) is 0 Å². The molecule has 4 nitrogen and oxygen atoms in total. The molecule has 0 spiro atoms. The van der Waals surface area contributed by atoms with E-state index < -0.39 is 0 Å². The summed E-state index contributed by atoms with van der Waals surface area (Å²) in [5, 5.41) is 3.04. The largest absolute Gasteiger partial charge is 0.373 e. The summed E-state index contributed by atoms with van der Waals surface area (Å²) < 4.78 is 0. The van der Waals surface area contributed by atoms with Crippen molar-refractivity contribution < 1.29 is 0 Å². The van der Waals surface area contributed by atoms with E-state index in [1.165, 1.54) is 5.56 Å². The van der Waals surface area contributed by atoms with Gasteiger partial charge in [0.2, 0.25) is 0 Å². The Labute approximate surface area is 101 Å². The Kier molecular flexibility index (Phi) is 3.55. The number of nitrogens with one attached hydrogen (secondary N) is 1. The Bertz CT molecular complexity index is 470. The topological polar surface area (TPSA) is 41.0 Å². The number of anilines is 2. The van der Waals surface area contributed by atoms with Crippen molar-refractivity contribution in [3.8, 4) is 0 Å². The maximum Gasteiger partial charge on any atom is 0.127 e. The first-order chi connectivity index (χ1) is 8.29. The summed E-state index contributed by atoms with van der Waals surface area (Å²) in [6, 6.07) is 8.05. The highest BCUT2D eigenvalue weighted by atomic mass is 15.1. The van der Waals surface area contributed by atoms with Crippen LogP contribution in [0.1, 0.15) is 5.56 Å². The maximum atomic E-state index is 4.20. The Balaban J connectivity index is 2.11. The Morgan fingerprint density at radius 3 is 2.88 bits per heavy atom. The SMILES string of the molecule is CNc1cc(N(C)Cc2cccnc2)ccn1. The number of nitrogens with zero attached hydrogens (tertiary/aromatic N) is 3. The van der Waals surface area contributed by atoms with E-state index in [1.54, 1.807) is 12.4 Å². The number of pyridine rings is 2. The lowest BCUT2D eigenvalue weighted by atomic mass is 10.2. The van der Waals surface area contributed by atoms with Gasteiger partial charge in [0, 0.05) is 51.0 Å². The van der Waals surface area contributed by atoms with Gasteiger partial charge < -0.3 is 10.2 Å². The molecular formula is C13H16N4. The van der Waals surface area contributed by atoms with E-state index in [-0.39, 0.29) is 0 Å². The van der Waals surface area contributed by atoms with Crippen LogP contribution >= 0.6 is 0 Å². The zero-order chi connectivity index (χ0) is 12.1. The molecule has 0 unspecified atom stereocenters. The third-order valence-corrected chi connectivity index (χ3v) is 2.58. The van der Waals surface area contributed by atoms with Crippen LogP contribution in [0.25, 0.3) is 0 Å². The first-order valence-electron chi connectivity index (χ1n) is 5.53. The van der Waals surface area contributed by atoms with Gasteiger partial charge in [-0.3, -0.25) is 4.98 Å². The standard InChI is InChI=1S/C13H16N4/c1-14-13-8-12(5-7-16-13)17(2)10-11-4-3-6-15-9-11/h3-9H,10H2,1-2H3,(H,14,16). The average Bonchev–Trinajstić information content (AvgIpc) is 2.40. The summed E-state index contributed by atoms with van der Waals surface area (Å²) in [7, 11) is 3.93. The second-order valence-electron chi connectivity index (χ2n) is 3.87. The van der Waals surface area contributed by atoms with Gasteiger partial charge in [0.25, 0.3) is 0 Å². The molecule has 0 fully saturated rings. The smallest absolute Gasteiger partial charge is 0.127 e. The van der Waals surface area contributed by atoms with Crippen molar-refractivity contribution in [2.75, 3.05) is 24.3 Å². The first-order valence-corrected chi connectivity index (χ1v) is 5.53. The molecule has 0 atom stereocenters. The molecule has 0 saturated heterocycles. The lowest BCUT2D eigenvalue weighted by molar-refractivity contribution is 0.913. The fraction of sp³-hybridized carbons (Fsp3) is 0.231. The molecule has 4 heteroatoms. The number of rotatable bonds is 4. The molecule has 2 heterocycles. The fourth-order valence-electron chi connectivity index (χ4n) is 1.65. The van der Waals surface area contributed by atoms with Crippen LogP contribution in [0.5, 0.6) is 0 Å². The van der Waals surface area contributed by atoms with Gasteiger partial charge in [0.15, 0.2) is 0 Å². The van der Waals surface area contributed by atoms with Gasteiger partial charge in [-0.15, -0.1) is 0 Å². The third-order valence-electron chi connectivity index (χ3n) is 2.58. The summed E-state index contributed by atoms with van der Waals surface area (Å²) in [6.45, 7) is 0.834. The van der Waals surface area contributed by atoms with Crippen LogP contribution in [-0.2, 0) is 6.54 Å². The van der Waals surface area contributed by atoms with E-state index in [1.807, 2.05) is 31.4 Å². The minimum absolute atomic E-state index is 0.834. The van der Waals surface area contributed by atoms with Crippen molar-refractivity contribution in [2.45, 2.75) is 6.54 Å². The van der Waals surface area contributed by atoms with Crippen molar-refractivity contribution in [3.05, 3.63) is 48.4 Å². The molecule has 0 saturated carbocycles. The minimum Gasteiger partial charge on any atom is -0.373 e. The van der Waals surface area contributed by atoms with Crippen LogP contribution in [0.3, 0.4) is 0 Å². The molecule has 0 aromatic carbocycles. The van der Waals surface area contributed by atoms with E-state index in [2.05, 4.69) is 33.3 Å². The fourth-order valence-corrected chi connectivity index (χ4v) is 1.65. The van der Waals surface area contributed by atoms with Crippen molar-refractivity contribution >= 4 is 11.5 Å². The van der Waals surface area contributed by atoms with Gasteiger partial charge >= 0.3 is 0 Å². The van der Waals surface area contributed by atoms with E-state index in [4.69, 9.17) is 0 Å².